The van der Waals surface area contributed by atoms with Crippen LogP contribution in [0.1, 0.15) is 5.01 Å². The molecular formula is C8H6BrN5O3S. The molecule has 0 saturated carbocycles. The number of hydrogen-bond donors (Lipinski definition) is 1. The topological polar surface area (TPSA) is 117 Å². The molecule has 0 aliphatic carbocycles. The number of rotatable bonds is 3. The molecule has 0 aliphatic rings. The van der Waals surface area contributed by atoms with Crippen molar-refractivity contribution in [2.75, 3.05) is 5.73 Å². The highest BCUT2D eigenvalue weighted by Crippen LogP contribution is 2.15. The van der Waals surface area contributed by atoms with Gasteiger partial charge in [-0.25, -0.2) is 0 Å². The summed E-state index contributed by atoms with van der Waals surface area (Å²) in [5, 5.41) is 19.1. The van der Waals surface area contributed by atoms with E-state index in [1.165, 1.54) is 22.1 Å². The maximum absolute atomic E-state index is 11.5. The second-order valence-corrected chi connectivity index (χ2v) is 5.23. The number of pyridine rings is 1. The third-order valence-electron chi connectivity index (χ3n) is 2.01. The molecule has 18 heavy (non-hydrogen) atoms. The number of nitro groups is 1. The van der Waals surface area contributed by atoms with E-state index in [1.807, 2.05) is 0 Å². The molecule has 2 aromatic heterocycles. The van der Waals surface area contributed by atoms with Crippen LogP contribution in [0, 0.1) is 10.1 Å². The molecule has 2 N–H and O–H groups in total. The highest BCUT2D eigenvalue weighted by molar-refractivity contribution is 9.10. The largest absolute Gasteiger partial charge is 0.374 e. The average Bonchev–Trinajstić information content (AvgIpc) is 2.68. The van der Waals surface area contributed by atoms with Gasteiger partial charge in [0.05, 0.1) is 22.1 Å². The summed E-state index contributed by atoms with van der Waals surface area (Å²) in [6.45, 7) is 0.259. The molecule has 0 saturated heterocycles. The molecule has 0 bridgehead atoms. The Morgan fingerprint density at radius 1 is 1.50 bits per heavy atom. The molecule has 0 unspecified atom stereocenters. The summed E-state index contributed by atoms with van der Waals surface area (Å²) in [6.07, 6.45) is 2.61. The van der Waals surface area contributed by atoms with E-state index in [4.69, 9.17) is 5.73 Å². The van der Waals surface area contributed by atoms with Crippen molar-refractivity contribution in [1.29, 1.82) is 0 Å². The smallest absolute Gasteiger partial charge is 0.333 e. The van der Waals surface area contributed by atoms with Crippen LogP contribution in [0.3, 0.4) is 0 Å². The van der Waals surface area contributed by atoms with Crippen LogP contribution in [0.5, 0.6) is 0 Å². The van der Waals surface area contributed by atoms with Crippen LogP contribution in [-0.4, -0.2) is 19.7 Å². The van der Waals surface area contributed by atoms with E-state index in [2.05, 4.69) is 26.1 Å². The molecule has 94 valence electrons. The fourth-order valence-electron chi connectivity index (χ4n) is 1.29. The van der Waals surface area contributed by atoms with Crippen molar-refractivity contribution in [2.45, 2.75) is 6.54 Å². The molecule has 0 aromatic carbocycles. The molecule has 0 spiro atoms. The number of nitrogen functional groups attached to an aromatic ring is 1. The molecule has 0 amide bonds. The van der Waals surface area contributed by atoms with Crippen LogP contribution in [-0.2, 0) is 6.54 Å². The van der Waals surface area contributed by atoms with Gasteiger partial charge in [-0.05, 0) is 15.9 Å². The summed E-state index contributed by atoms with van der Waals surface area (Å²) < 4.78 is 1.60. The zero-order valence-corrected chi connectivity index (χ0v) is 11.1. The first-order chi connectivity index (χ1) is 8.47. The normalized spacial score (nSPS) is 10.5. The Morgan fingerprint density at radius 2 is 2.22 bits per heavy atom. The highest BCUT2D eigenvalue weighted by Gasteiger charge is 2.16. The monoisotopic (exact) mass is 331 g/mol. The lowest BCUT2D eigenvalue weighted by molar-refractivity contribution is -0.386. The van der Waals surface area contributed by atoms with Gasteiger partial charge in [-0.2, -0.15) is 0 Å². The predicted molar refractivity (Wildman–Crippen MR) is 68.5 cm³/mol. The second kappa shape index (κ2) is 4.82. The minimum absolute atomic E-state index is 0.120. The summed E-state index contributed by atoms with van der Waals surface area (Å²) in [4.78, 5) is 21.5. The molecule has 2 aromatic rings. The minimum atomic E-state index is -0.724. The third-order valence-corrected chi connectivity index (χ3v) is 3.32. The number of nitrogens with two attached hydrogens (primary N) is 1. The molecule has 0 aliphatic heterocycles. The van der Waals surface area contributed by atoms with Crippen molar-refractivity contribution < 1.29 is 4.92 Å². The Hall–Kier alpha value is -1.81. The van der Waals surface area contributed by atoms with Gasteiger partial charge in [0.2, 0.25) is 5.13 Å². The van der Waals surface area contributed by atoms with Crippen LogP contribution in [0.25, 0.3) is 0 Å². The number of hydrogen-bond acceptors (Lipinski definition) is 7. The Bertz CT molecular complexity index is 667. The van der Waals surface area contributed by atoms with E-state index in [1.54, 1.807) is 0 Å². The van der Waals surface area contributed by atoms with Gasteiger partial charge in [-0.1, -0.05) is 11.3 Å². The molecule has 0 fully saturated rings. The number of halogens is 1. The van der Waals surface area contributed by atoms with E-state index in [0.717, 1.165) is 6.20 Å². The van der Waals surface area contributed by atoms with Gasteiger partial charge < -0.3 is 10.3 Å². The molecule has 2 rings (SSSR count). The van der Waals surface area contributed by atoms with Crippen LogP contribution in [0.15, 0.2) is 21.7 Å². The van der Waals surface area contributed by atoms with Crippen LogP contribution in [0.4, 0.5) is 10.8 Å². The Balaban J connectivity index is 2.40. The van der Waals surface area contributed by atoms with Crippen molar-refractivity contribution in [1.82, 2.24) is 14.8 Å². The van der Waals surface area contributed by atoms with Crippen LogP contribution < -0.4 is 11.2 Å². The average molecular weight is 332 g/mol. The SMILES string of the molecule is Nc1nnc(Cn2cc(Br)c(=O)c([N+](=O)[O-])c2)s1. The lowest BCUT2D eigenvalue weighted by Gasteiger charge is -2.03. The Kier molecular flexibility index (Phi) is 3.39. The quantitative estimate of drug-likeness (QED) is 0.662. The van der Waals surface area contributed by atoms with E-state index in [0.29, 0.717) is 10.1 Å². The maximum atomic E-state index is 11.5. The van der Waals surface area contributed by atoms with Gasteiger partial charge in [-0.15, -0.1) is 10.2 Å². The first kappa shape index (κ1) is 12.6. The molecule has 0 radical (unpaired) electrons. The molecular weight excluding hydrogens is 326 g/mol. The van der Waals surface area contributed by atoms with E-state index in [9.17, 15) is 14.9 Å². The first-order valence-corrected chi connectivity index (χ1v) is 6.20. The summed E-state index contributed by atoms with van der Waals surface area (Å²) in [7, 11) is 0. The first-order valence-electron chi connectivity index (χ1n) is 4.59. The summed E-state index contributed by atoms with van der Waals surface area (Å²) in [6, 6.07) is 0. The fourth-order valence-corrected chi connectivity index (χ4v) is 2.37. The molecule has 10 heteroatoms. The van der Waals surface area contributed by atoms with Gasteiger partial charge in [0, 0.05) is 6.20 Å². The van der Waals surface area contributed by atoms with Crippen molar-refractivity contribution in [3.8, 4) is 0 Å². The third kappa shape index (κ3) is 2.54. The number of aromatic nitrogens is 3. The summed E-state index contributed by atoms with van der Waals surface area (Å²) >= 11 is 4.17. The molecule has 2 heterocycles. The van der Waals surface area contributed by atoms with Crippen LogP contribution >= 0.6 is 27.3 Å². The van der Waals surface area contributed by atoms with E-state index in [-0.39, 0.29) is 11.0 Å². The standard InChI is InChI=1S/C8H6BrN5O3S/c9-4-1-13(2-5(7(4)15)14(16)17)3-6-11-12-8(10)18-6/h1-2H,3H2,(H2,10,12). The second-order valence-electron chi connectivity index (χ2n) is 3.28. The Labute approximate surface area is 112 Å². The zero-order valence-electron chi connectivity index (χ0n) is 8.74. The highest BCUT2D eigenvalue weighted by atomic mass is 79.9. The number of nitrogens with zero attached hydrogens (tertiary/aromatic N) is 4. The summed E-state index contributed by atoms with van der Waals surface area (Å²) in [5.74, 6) is 0. The van der Waals surface area contributed by atoms with Gasteiger partial charge in [0.15, 0.2) is 0 Å². The Morgan fingerprint density at radius 3 is 2.78 bits per heavy atom. The van der Waals surface area contributed by atoms with Gasteiger partial charge in [0.25, 0.3) is 5.43 Å². The zero-order chi connectivity index (χ0) is 13.3. The van der Waals surface area contributed by atoms with Gasteiger partial charge in [-0.3, -0.25) is 14.9 Å². The van der Waals surface area contributed by atoms with E-state index < -0.39 is 16.0 Å². The lowest BCUT2D eigenvalue weighted by atomic mass is 10.4. The summed E-state index contributed by atoms with van der Waals surface area (Å²) in [5.41, 5.74) is 4.28. The van der Waals surface area contributed by atoms with Crippen molar-refractivity contribution in [3.05, 3.63) is 42.2 Å². The van der Waals surface area contributed by atoms with Gasteiger partial charge in [0.1, 0.15) is 5.01 Å². The predicted octanol–water partition coefficient (Wildman–Crippen LogP) is 1.00. The van der Waals surface area contributed by atoms with Crippen molar-refractivity contribution in [2.24, 2.45) is 0 Å². The van der Waals surface area contributed by atoms with Crippen molar-refractivity contribution >= 4 is 38.1 Å². The van der Waals surface area contributed by atoms with Crippen molar-refractivity contribution in [3.63, 3.8) is 0 Å². The lowest BCUT2D eigenvalue weighted by Crippen LogP contribution is -2.13. The van der Waals surface area contributed by atoms with Crippen LogP contribution in [0.2, 0.25) is 0 Å². The van der Waals surface area contributed by atoms with E-state index >= 15 is 0 Å². The maximum Gasteiger partial charge on any atom is 0.333 e. The molecule has 0 atom stereocenters. The minimum Gasteiger partial charge on any atom is -0.374 e. The number of anilines is 1. The van der Waals surface area contributed by atoms with Gasteiger partial charge >= 0.3 is 5.69 Å². The molecule has 8 nitrogen and oxygen atoms in total. The fraction of sp³-hybridized carbons (Fsp3) is 0.125.